The molecule has 0 rings (SSSR count). The molecule has 1 N–H and O–H groups in total. The predicted molar refractivity (Wildman–Crippen MR) is 239 cm³/mol. The first-order chi connectivity index (χ1) is 27.8. The summed E-state index contributed by atoms with van der Waals surface area (Å²) in [5, 5.41) is 0. The summed E-state index contributed by atoms with van der Waals surface area (Å²) in [5.41, 5.74) is 0. The molecule has 0 aromatic heterocycles. The van der Waals surface area contributed by atoms with Crippen LogP contribution in [0.2, 0.25) is 0 Å². The molecule has 2 unspecified atom stereocenters. The summed E-state index contributed by atoms with van der Waals surface area (Å²) in [6.45, 7) is 5.39. The van der Waals surface area contributed by atoms with E-state index < -0.39 is 26.5 Å². The molecule has 0 aromatic rings. The van der Waals surface area contributed by atoms with Crippen molar-refractivity contribution in [3.8, 4) is 0 Å². The van der Waals surface area contributed by atoms with Gasteiger partial charge in [0.05, 0.1) is 13.2 Å². The summed E-state index contributed by atoms with van der Waals surface area (Å²) in [4.78, 5) is 34.8. The minimum atomic E-state index is -4.28. The van der Waals surface area contributed by atoms with E-state index in [0.29, 0.717) is 12.8 Å². The number of esters is 2. The molecular formula is C48H89O8P. The van der Waals surface area contributed by atoms with Gasteiger partial charge < -0.3 is 14.4 Å². The Morgan fingerprint density at radius 3 is 1.35 bits per heavy atom. The van der Waals surface area contributed by atoms with Crippen molar-refractivity contribution in [1.82, 2.24) is 0 Å². The lowest BCUT2D eigenvalue weighted by Gasteiger charge is -2.19. The van der Waals surface area contributed by atoms with E-state index in [4.69, 9.17) is 18.5 Å². The van der Waals surface area contributed by atoms with Crippen LogP contribution in [-0.2, 0) is 32.7 Å². The van der Waals surface area contributed by atoms with Crippen LogP contribution in [0.4, 0.5) is 0 Å². The van der Waals surface area contributed by atoms with Crippen LogP contribution in [0.15, 0.2) is 36.5 Å². The molecule has 0 bridgehead atoms. The highest BCUT2D eigenvalue weighted by molar-refractivity contribution is 7.47. The Labute approximate surface area is 351 Å². The fraction of sp³-hybridized carbons (Fsp3) is 0.833. The standard InChI is InChI=1S/C48H89O8P/c1-4-7-9-11-13-15-17-19-21-23-24-25-27-28-30-32-34-36-38-40-42-47(49)53-44-46(45-55-57(51,52)54-6-3)56-48(50)43-41-39-37-35-33-31-29-26-22-20-18-16-14-12-10-8-5-2/h8,10,14,16,20,22,46H,4-7,9,11-13,15,17-19,21,23-45H2,1-3H3,(H,51,52)/b10-8-,16-14-,22-20-. The minimum absolute atomic E-state index is 0.000809. The van der Waals surface area contributed by atoms with Crippen LogP contribution in [0.1, 0.15) is 233 Å². The first kappa shape index (κ1) is 55.3. The molecule has 0 aliphatic carbocycles. The van der Waals surface area contributed by atoms with Gasteiger partial charge in [0.15, 0.2) is 6.10 Å². The van der Waals surface area contributed by atoms with Crippen molar-refractivity contribution < 1.29 is 37.6 Å². The average molecular weight is 825 g/mol. The van der Waals surface area contributed by atoms with E-state index in [-0.39, 0.29) is 25.6 Å². The molecule has 0 saturated carbocycles. The predicted octanol–water partition coefficient (Wildman–Crippen LogP) is 15.2. The summed E-state index contributed by atoms with van der Waals surface area (Å²) >= 11 is 0. The van der Waals surface area contributed by atoms with Crippen LogP contribution >= 0.6 is 7.82 Å². The van der Waals surface area contributed by atoms with Crippen molar-refractivity contribution in [2.75, 3.05) is 19.8 Å². The first-order valence-electron chi connectivity index (χ1n) is 23.8. The average Bonchev–Trinajstić information content (AvgIpc) is 3.19. The third-order valence-electron chi connectivity index (χ3n) is 10.2. The fourth-order valence-electron chi connectivity index (χ4n) is 6.76. The number of ether oxygens (including phenoxy) is 2. The summed E-state index contributed by atoms with van der Waals surface area (Å²) in [6.07, 6.45) is 50.6. The van der Waals surface area contributed by atoms with Gasteiger partial charge in [0.2, 0.25) is 0 Å². The van der Waals surface area contributed by atoms with Crippen LogP contribution in [0, 0.1) is 0 Å². The van der Waals surface area contributed by atoms with Gasteiger partial charge in [-0.15, -0.1) is 0 Å². The number of hydrogen-bond acceptors (Lipinski definition) is 7. The molecule has 0 heterocycles. The molecule has 9 heteroatoms. The van der Waals surface area contributed by atoms with Gasteiger partial charge in [-0.05, 0) is 51.9 Å². The number of carbonyl (C=O) groups excluding carboxylic acids is 2. The van der Waals surface area contributed by atoms with Crippen molar-refractivity contribution in [2.45, 2.75) is 239 Å². The van der Waals surface area contributed by atoms with Gasteiger partial charge in [-0.3, -0.25) is 18.6 Å². The van der Waals surface area contributed by atoms with Crippen LogP contribution in [0.25, 0.3) is 0 Å². The minimum Gasteiger partial charge on any atom is -0.462 e. The highest BCUT2D eigenvalue weighted by atomic mass is 31.2. The van der Waals surface area contributed by atoms with Gasteiger partial charge in [-0.1, -0.05) is 204 Å². The topological polar surface area (TPSA) is 108 Å². The van der Waals surface area contributed by atoms with Gasteiger partial charge in [-0.2, -0.15) is 0 Å². The quantitative estimate of drug-likeness (QED) is 0.0280. The van der Waals surface area contributed by atoms with Gasteiger partial charge in [0.25, 0.3) is 0 Å². The summed E-state index contributed by atoms with van der Waals surface area (Å²) in [7, 11) is -4.28. The van der Waals surface area contributed by atoms with Crippen molar-refractivity contribution >= 4 is 19.8 Å². The molecule has 334 valence electrons. The molecule has 0 aromatic carbocycles. The maximum Gasteiger partial charge on any atom is 0.472 e. The molecule has 0 saturated heterocycles. The Balaban J connectivity index is 4.00. The lowest BCUT2D eigenvalue weighted by atomic mass is 10.0. The summed E-state index contributed by atoms with van der Waals surface area (Å²) < 4.78 is 32.7. The van der Waals surface area contributed by atoms with Crippen molar-refractivity contribution in [1.29, 1.82) is 0 Å². The van der Waals surface area contributed by atoms with Crippen molar-refractivity contribution in [2.24, 2.45) is 0 Å². The third kappa shape index (κ3) is 43.7. The number of unbranched alkanes of at least 4 members (excludes halogenated alkanes) is 26. The highest BCUT2D eigenvalue weighted by Crippen LogP contribution is 2.43. The van der Waals surface area contributed by atoms with Crippen LogP contribution < -0.4 is 0 Å². The maximum atomic E-state index is 12.6. The Morgan fingerprint density at radius 2 is 0.895 bits per heavy atom. The van der Waals surface area contributed by atoms with Gasteiger partial charge in [0.1, 0.15) is 6.61 Å². The maximum absolute atomic E-state index is 12.6. The Kier molecular flexibility index (Phi) is 42.5. The monoisotopic (exact) mass is 825 g/mol. The molecule has 0 aliphatic heterocycles. The van der Waals surface area contributed by atoms with E-state index in [2.05, 4.69) is 50.3 Å². The van der Waals surface area contributed by atoms with E-state index in [9.17, 15) is 19.0 Å². The van der Waals surface area contributed by atoms with Gasteiger partial charge >= 0.3 is 19.8 Å². The van der Waals surface area contributed by atoms with E-state index in [1.165, 1.54) is 128 Å². The molecule has 57 heavy (non-hydrogen) atoms. The molecule has 0 spiro atoms. The fourth-order valence-corrected chi connectivity index (χ4v) is 7.52. The van der Waals surface area contributed by atoms with Gasteiger partial charge in [0, 0.05) is 12.8 Å². The highest BCUT2D eigenvalue weighted by Gasteiger charge is 2.25. The van der Waals surface area contributed by atoms with Gasteiger partial charge in [-0.25, -0.2) is 4.57 Å². The summed E-state index contributed by atoms with van der Waals surface area (Å²) in [5.74, 6) is -0.799. The smallest absolute Gasteiger partial charge is 0.462 e. The van der Waals surface area contributed by atoms with Crippen molar-refractivity contribution in [3.63, 3.8) is 0 Å². The molecule has 2 atom stereocenters. The largest absolute Gasteiger partial charge is 0.472 e. The van der Waals surface area contributed by atoms with E-state index in [0.717, 1.165) is 64.2 Å². The molecule has 0 fully saturated rings. The Morgan fingerprint density at radius 1 is 0.491 bits per heavy atom. The normalized spacial score (nSPS) is 13.5. The lowest BCUT2D eigenvalue weighted by molar-refractivity contribution is -0.161. The van der Waals surface area contributed by atoms with Crippen LogP contribution in [-0.4, -0.2) is 42.8 Å². The summed E-state index contributed by atoms with van der Waals surface area (Å²) in [6, 6.07) is 0. The SMILES string of the molecule is CC/C=C\C/C=C\C/C=C\CCCCCCCCCC(=O)OC(COC(=O)CCCCCCCCCCCCCCCCCCCCCC)COP(=O)(O)OCC. The molecule has 0 radical (unpaired) electrons. The Hall–Kier alpha value is -1.73. The number of rotatable bonds is 44. The number of hydrogen-bond donors (Lipinski definition) is 1. The van der Waals surface area contributed by atoms with Crippen LogP contribution in [0.3, 0.4) is 0 Å². The number of phosphoric ester groups is 1. The molecule has 0 amide bonds. The molecular weight excluding hydrogens is 735 g/mol. The Bertz CT molecular complexity index is 1030. The number of carbonyl (C=O) groups is 2. The second-order valence-electron chi connectivity index (χ2n) is 15.8. The second kappa shape index (κ2) is 43.8. The van der Waals surface area contributed by atoms with Crippen molar-refractivity contribution in [3.05, 3.63) is 36.5 Å². The first-order valence-corrected chi connectivity index (χ1v) is 25.3. The van der Waals surface area contributed by atoms with E-state index in [1.807, 2.05) is 0 Å². The second-order valence-corrected chi connectivity index (χ2v) is 17.2. The van der Waals surface area contributed by atoms with E-state index in [1.54, 1.807) is 6.92 Å². The molecule has 0 aliphatic rings. The van der Waals surface area contributed by atoms with Crippen LogP contribution in [0.5, 0.6) is 0 Å². The zero-order valence-corrected chi connectivity index (χ0v) is 38.1. The molecule has 8 nitrogen and oxygen atoms in total. The lowest BCUT2D eigenvalue weighted by Crippen LogP contribution is -2.29. The number of phosphoric acid groups is 1. The zero-order chi connectivity index (χ0) is 41.8. The zero-order valence-electron chi connectivity index (χ0n) is 37.2. The number of allylic oxidation sites excluding steroid dienone is 6. The third-order valence-corrected chi connectivity index (χ3v) is 11.3. The van der Waals surface area contributed by atoms with E-state index >= 15 is 0 Å².